The second-order valence-electron chi connectivity index (χ2n) is 4.45. The Morgan fingerprint density at radius 3 is 2.75 bits per heavy atom. The molecule has 1 unspecified atom stereocenters. The van der Waals surface area contributed by atoms with Crippen molar-refractivity contribution in [2.75, 3.05) is 13.1 Å². The monoisotopic (exact) mass is 217 g/mol. The number of para-hydroxylation sites is 1. The topological polar surface area (TPSA) is 29.5 Å². The molecule has 0 aliphatic carbocycles. The second kappa shape index (κ2) is 3.81. The molecule has 1 amide bonds. The van der Waals surface area contributed by atoms with Crippen molar-refractivity contribution in [1.29, 1.82) is 0 Å². The first-order valence-corrected chi connectivity index (χ1v) is 5.88. The van der Waals surface area contributed by atoms with Gasteiger partial charge in [-0.05, 0) is 24.5 Å². The summed E-state index contributed by atoms with van der Waals surface area (Å²) in [4.78, 5) is 14.0. The van der Waals surface area contributed by atoms with Gasteiger partial charge in [0.1, 0.15) is 5.75 Å². The Bertz CT molecular complexity index is 385. The summed E-state index contributed by atoms with van der Waals surface area (Å²) in [6, 6.07) is 7.91. The molecule has 3 nitrogen and oxygen atoms in total. The highest BCUT2D eigenvalue weighted by molar-refractivity contribution is 5.82. The number of likely N-dealkylation sites (tertiary alicyclic amines) is 1. The quantitative estimate of drug-likeness (QED) is 0.715. The molecule has 2 aliphatic heterocycles. The maximum absolute atomic E-state index is 12.1. The molecule has 3 heteroatoms. The lowest BCUT2D eigenvalue weighted by molar-refractivity contribution is -0.136. The Morgan fingerprint density at radius 1 is 1.25 bits per heavy atom. The van der Waals surface area contributed by atoms with Crippen LogP contribution in [0.1, 0.15) is 18.4 Å². The lowest BCUT2D eigenvalue weighted by atomic mass is 10.1. The summed E-state index contributed by atoms with van der Waals surface area (Å²) in [7, 11) is 0. The number of carbonyl (C=O) groups excluding carboxylic acids is 1. The van der Waals surface area contributed by atoms with E-state index in [1.54, 1.807) is 0 Å². The third-order valence-corrected chi connectivity index (χ3v) is 3.34. The molecule has 0 saturated carbocycles. The van der Waals surface area contributed by atoms with E-state index < -0.39 is 0 Å². The highest BCUT2D eigenvalue weighted by Gasteiger charge is 2.32. The van der Waals surface area contributed by atoms with Gasteiger partial charge in [0.25, 0.3) is 5.91 Å². The number of amides is 1. The summed E-state index contributed by atoms with van der Waals surface area (Å²) < 4.78 is 5.69. The third-order valence-electron chi connectivity index (χ3n) is 3.34. The number of hydrogen-bond acceptors (Lipinski definition) is 2. The Kier molecular flexibility index (Phi) is 2.31. The van der Waals surface area contributed by atoms with Crippen molar-refractivity contribution in [1.82, 2.24) is 4.90 Å². The van der Waals surface area contributed by atoms with E-state index in [2.05, 4.69) is 0 Å². The minimum Gasteiger partial charge on any atom is -0.480 e. The first-order chi connectivity index (χ1) is 7.84. The molecule has 0 N–H and O–H groups in total. The fourth-order valence-electron chi connectivity index (χ4n) is 2.46. The molecule has 84 valence electrons. The number of nitrogens with zero attached hydrogens (tertiary/aromatic N) is 1. The zero-order valence-corrected chi connectivity index (χ0v) is 9.19. The summed E-state index contributed by atoms with van der Waals surface area (Å²) >= 11 is 0. The smallest absolute Gasteiger partial charge is 0.263 e. The predicted octanol–water partition coefficient (Wildman–Crippen LogP) is 1.61. The van der Waals surface area contributed by atoms with Gasteiger partial charge in [-0.2, -0.15) is 0 Å². The minimum absolute atomic E-state index is 0.161. The molecule has 2 aliphatic rings. The van der Waals surface area contributed by atoms with Crippen molar-refractivity contribution in [2.24, 2.45) is 0 Å². The van der Waals surface area contributed by atoms with Crippen molar-refractivity contribution in [3.05, 3.63) is 29.8 Å². The molecule has 0 aromatic heterocycles. The molecule has 0 spiro atoms. The molecule has 3 rings (SSSR count). The summed E-state index contributed by atoms with van der Waals surface area (Å²) in [6.07, 6.45) is 2.71. The molecule has 0 bridgehead atoms. The van der Waals surface area contributed by atoms with E-state index in [1.165, 1.54) is 0 Å². The van der Waals surface area contributed by atoms with Crippen molar-refractivity contribution in [3.8, 4) is 5.75 Å². The number of fused-ring (bicyclic) bond motifs is 1. The minimum atomic E-state index is -0.282. The Hall–Kier alpha value is -1.51. The van der Waals surface area contributed by atoms with Crippen LogP contribution in [0.25, 0.3) is 0 Å². The summed E-state index contributed by atoms with van der Waals surface area (Å²) in [6.45, 7) is 1.80. The highest BCUT2D eigenvalue weighted by Crippen LogP contribution is 2.29. The summed E-state index contributed by atoms with van der Waals surface area (Å²) in [5, 5.41) is 0. The van der Waals surface area contributed by atoms with Crippen LogP contribution in [0.2, 0.25) is 0 Å². The molecule has 1 saturated heterocycles. The standard InChI is InChI=1S/C13H15NO2/c15-13(14-7-3-4-8-14)12-9-10-5-1-2-6-11(10)16-12/h1-2,5-6,12H,3-4,7-9H2. The van der Waals surface area contributed by atoms with Crippen LogP contribution in [0.3, 0.4) is 0 Å². The molecular weight excluding hydrogens is 202 g/mol. The Labute approximate surface area is 95.0 Å². The number of benzene rings is 1. The van der Waals surface area contributed by atoms with E-state index in [0.717, 1.165) is 43.7 Å². The van der Waals surface area contributed by atoms with E-state index in [9.17, 15) is 4.79 Å². The van der Waals surface area contributed by atoms with E-state index in [-0.39, 0.29) is 12.0 Å². The molecule has 1 aromatic carbocycles. The van der Waals surface area contributed by atoms with Gasteiger partial charge in [-0.25, -0.2) is 0 Å². The average Bonchev–Trinajstić information content (AvgIpc) is 2.97. The van der Waals surface area contributed by atoms with Gasteiger partial charge in [0.05, 0.1) is 0 Å². The first kappa shape index (κ1) is 9.70. The van der Waals surface area contributed by atoms with Crippen LogP contribution in [0, 0.1) is 0 Å². The van der Waals surface area contributed by atoms with Gasteiger partial charge in [-0.1, -0.05) is 18.2 Å². The van der Waals surface area contributed by atoms with Gasteiger partial charge < -0.3 is 9.64 Å². The number of rotatable bonds is 1. The Balaban J connectivity index is 1.73. The zero-order chi connectivity index (χ0) is 11.0. The molecule has 1 fully saturated rings. The van der Waals surface area contributed by atoms with E-state index in [0.29, 0.717) is 0 Å². The lowest BCUT2D eigenvalue weighted by Gasteiger charge is -2.19. The average molecular weight is 217 g/mol. The normalized spacial score (nSPS) is 23.0. The molecule has 16 heavy (non-hydrogen) atoms. The Morgan fingerprint density at radius 2 is 2.00 bits per heavy atom. The van der Waals surface area contributed by atoms with Crippen molar-refractivity contribution < 1.29 is 9.53 Å². The number of carbonyl (C=O) groups is 1. The summed E-state index contributed by atoms with van der Waals surface area (Å²) in [5.74, 6) is 1.04. The van der Waals surface area contributed by atoms with Crippen molar-refractivity contribution >= 4 is 5.91 Å². The van der Waals surface area contributed by atoms with Crippen molar-refractivity contribution in [3.63, 3.8) is 0 Å². The zero-order valence-electron chi connectivity index (χ0n) is 9.19. The van der Waals surface area contributed by atoms with Gasteiger partial charge in [0.2, 0.25) is 0 Å². The van der Waals surface area contributed by atoms with Crippen LogP contribution in [-0.2, 0) is 11.2 Å². The number of hydrogen-bond donors (Lipinski definition) is 0. The van der Waals surface area contributed by atoms with Crippen LogP contribution in [-0.4, -0.2) is 30.0 Å². The van der Waals surface area contributed by atoms with Crippen molar-refractivity contribution in [2.45, 2.75) is 25.4 Å². The fourth-order valence-corrected chi connectivity index (χ4v) is 2.46. The summed E-state index contributed by atoms with van der Waals surface area (Å²) in [5.41, 5.74) is 1.15. The fraction of sp³-hybridized carbons (Fsp3) is 0.462. The van der Waals surface area contributed by atoms with Crippen LogP contribution < -0.4 is 4.74 Å². The van der Waals surface area contributed by atoms with Gasteiger partial charge in [-0.3, -0.25) is 4.79 Å². The molecule has 0 radical (unpaired) electrons. The molecule has 2 heterocycles. The largest absolute Gasteiger partial charge is 0.480 e. The first-order valence-electron chi connectivity index (χ1n) is 5.88. The van der Waals surface area contributed by atoms with Crippen LogP contribution >= 0.6 is 0 Å². The highest BCUT2D eigenvalue weighted by atomic mass is 16.5. The van der Waals surface area contributed by atoms with Gasteiger partial charge in [0, 0.05) is 19.5 Å². The van der Waals surface area contributed by atoms with Crippen LogP contribution in [0.4, 0.5) is 0 Å². The number of ether oxygens (including phenoxy) is 1. The predicted molar refractivity (Wildman–Crippen MR) is 60.4 cm³/mol. The van der Waals surface area contributed by atoms with Crippen LogP contribution in [0.15, 0.2) is 24.3 Å². The molecular formula is C13H15NO2. The maximum atomic E-state index is 12.1. The van der Waals surface area contributed by atoms with Gasteiger partial charge >= 0.3 is 0 Å². The molecule has 1 aromatic rings. The third kappa shape index (κ3) is 1.56. The lowest BCUT2D eigenvalue weighted by Crippen LogP contribution is -2.39. The maximum Gasteiger partial charge on any atom is 0.263 e. The SMILES string of the molecule is O=C(C1Cc2ccccc2O1)N1CCCC1. The van der Waals surface area contributed by atoms with Crippen LogP contribution in [0.5, 0.6) is 5.75 Å². The molecule has 1 atom stereocenters. The van der Waals surface area contributed by atoms with E-state index >= 15 is 0 Å². The van der Waals surface area contributed by atoms with Gasteiger partial charge in [0.15, 0.2) is 6.10 Å². The van der Waals surface area contributed by atoms with E-state index in [4.69, 9.17) is 4.74 Å². The second-order valence-corrected chi connectivity index (χ2v) is 4.45. The van der Waals surface area contributed by atoms with E-state index in [1.807, 2.05) is 29.2 Å². The van der Waals surface area contributed by atoms with Gasteiger partial charge in [-0.15, -0.1) is 0 Å².